The lowest BCUT2D eigenvalue weighted by Gasteiger charge is -2.33. The molecular weight excluding hydrogens is 376 g/mol. The van der Waals surface area contributed by atoms with Crippen LogP contribution in [0.5, 0.6) is 0 Å². The molecule has 1 aliphatic heterocycles. The molecule has 1 saturated heterocycles. The minimum atomic E-state index is -0.101. The van der Waals surface area contributed by atoms with Crippen LogP contribution in [0.15, 0.2) is 24.3 Å². The lowest BCUT2D eigenvalue weighted by Crippen LogP contribution is -2.44. The molecular formula is C22H25ClN2O3. The maximum absolute atomic E-state index is 13.0. The number of nitrogens with zero attached hydrogens (tertiary/aromatic N) is 1. The number of benzene rings is 1. The van der Waals surface area contributed by atoms with Crippen molar-refractivity contribution in [1.29, 1.82) is 0 Å². The molecule has 4 atom stereocenters. The zero-order chi connectivity index (χ0) is 19.4. The molecule has 4 fully saturated rings. The smallest absolute Gasteiger partial charge is 0.233 e. The van der Waals surface area contributed by atoms with E-state index >= 15 is 0 Å². The topological polar surface area (TPSA) is 66.5 Å². The van der Waals surface area contributed by atoms with Crippen molar-refractivity contribution >= 4 is 35.0 Å². The highest BCUT2D eigenvalue weighted by atomic mass is 35.5. The number of rotatable bonds is 3. The third-order valence-electron chi connectivity index (χ3n) is 7.53. The molecule has 0 radical (unpaired) electrons. The van der Waals surface area contributed by atoms with Crippen LogP contribution in [0.3, 0.4) is 0 Å². The fraction of sp³-hybridized carbons (Fsp3) is 0.591. The maximum atomic E-state index is 13.0. The van der Waals surface area contributed by atoms with E-state index in [4.69, 9.17) is 11.6 Å². The highest BCUT2D eigenvalue weighted by molar-refractivity contribution is 6.33. The summed E-state index contributed by atoms with van der Waals surface area (Å²) in [4.78, 5) is 40.2. The van der Waals surface area contributed by atoms with Gasteiger partial charge in [0.05, 0.1) is 22.5 Å². The number of fused-ring (bicyclic) bond motifs is 5. The van der Waals surface area contributed by atoms with Gasteiger partial charge in [-0.05, 0) is 68.9 Å². The first-order valence-electron chi connectivity index (χ1n) is 10.5. The second-order valence-corrected chi connectivity index (χ2v) is 9.31. The molecule has 1 N–H and O–H groups in total. The number of nitrogens with one attached hydrogen (secondary N) is 1. The normalized spacial score (nSPS) is 36.7. The average Bonchev–Trinajstić information content (AvgIpc) is 3.38. The van der Waals surface area contributed by atoms with Gasteiger partial charge in [-0.15, -0.1) is 0 Å². The zero-order valence-electron chi connectivity index (χ0n) is 15.8. The molecule has 4 aliphatic rings. The highest BCUT2D eigenvalue weighted by Crippen LogP contribution is 2.56. The summed E-state index contributed by atoms with van der Waals surface area (Å²) in [6.45, 7) is 0. The summed E-state index contributed by atoms with van der Waals surface area (Å²) in [5.74, 6) is 0.775. The van der Waals surface area contributed by atoms with Gasteiger partial charge < -0.3 is 5.32 Å². The molecule has 3 aliphatic carbocycles. The third-order valence-corrected chi connectivity index (χ3v) is 7.86. The molecule has 3 saturated carbocycles. The first-order valence-corrected chi connectivity index (χ1v) is 10.8. The number of hydrogen-bond donors (Lipinski definition) is 1. The largest absolute Gasteiger partial charge is 0.325 e. The van der Waals surface area contributed by atoms with Crippen molar-refractivity contribution in [3.63, 3.8) is 0 Å². The summed E-state index contributed by atoms with van der Waals surface area (Å²) in [7, 11) is 0. The van der Waals surface area contributed by atoms with Crippen LogP contribution in [0.2, 0.25) is 5.02 Å². The lowest BCUT2D eigenvalue weighted by atomic mass is 9.81. The van der Waals surface area contributed by atoms with Crippen molar-refractivity contribution < 1.29 is 14.4 Å². The number of hydrogen-bond acceptors (Lipinski definition) is 3. The van der Waals surface area contributed by atoms with Crippen molar-refractivity contribution in [3.8, 4) is 0 Å². The van der Waals surface area contributed by atoms with E-state index in [0.29, 0.717) is 48.2 Å². The molecule has 5 nitrogen and oxygen atoms in total. The Balaban J connectivity index is 1.22. The fourth-order valence-electron chi connectivity index (χ4n) is 6.19. The summed E-state index contributed by atoms with van der Waals surface area (Å²) in [5.41, 5.74) is 0.629. The van der Waals surface area contributed by atoms with Crippen LogP contribution in [-0.4, -0.2) is 28.7 Å². The maximum Gasteiger partial charge on any atom is 0.233 e. The van der Waals surface area contributed by atoms with E-state index in [0.717, 1.165) is 19.3 Å². The van der Waals surface area contributed by atoms with E-state index in [1.165, 1.54) is 0 Å². The van der Waals surface area contributed by atoms with Gasteiger partial charge in [0.25, 0.3) is 0 Å². The Morgan fingerprint density at radius 3 is 2.14 bits per heavy atom. The summed E-state index contributed by atoms with van der Waals surface area (Å²) < 4.78 is 0. The van der Waals surface area contributed by atoms with Crippen molar-refractivity contribution in [1.82, 2.24) is 4.90 Å². The second kappa shape index (κ2) is 6.87. The van der Waals surface area contributed by atoms with E-state index in [2.05, 4.69) is 5.32 Å². The molecule has 6 heteroatoms. The standard InChI is InChI=1S/C22H25ClN2O3/c23-16-3-1-2-4-17(16)24-20(26)12-7-9-15(10-8-12)25-21(27)18-13-5-6-14(11-13)19(18)22(25)28/h1-4,12-15,18-19H,5-11H2,(H,24,26)/t12?,13-,14+,15?,18-,19+. The van der Waals surface area contributed by atoms with Crippen LogP contribution in [0.1, 0.15) is 44.9 Å². The fourth-order valence-corrected chi connectivity index (χ4v) is 6.37. The number of halogens is 1. The Labute approximate surface area is 169 Å². The van der Waals surface area contributed by atoms with Gasteiger partial charge in [-0.2, -0.15) is 0 Å². The van der Waals surface area contributed by atoms with Crippen LogP contribution in [0.4, 0.5) is 5.69 Å². The van der Waals surface area contributed by atoms with Gasteiger partial charge in [0.15, 0.2) is 0 Å². The molecule has 28 heavy (non-hydrogen) atoms. The van der Waals surface area contributed by atoms with Crippen LogP contribution >= 0.6 is 11.6 Å². The minimum Gasteiger partial charge on any atom is -0.325 e. The molecule has 3 amide bonds. The Bertz CT molecular complexity index is 805. The van der Waals surface area contributed by atoms with E-state index < -0.39 is 0 Å². The highest BCUT2D eigenvalue weighted by Gasteiger charge is 2.61. The predicted octanol–water partition coefficient (Wildman–Crippen LogP) is 3.87. The van der Waals surface area contributed by atoms with Crippen molar-refractivity contribution in [2.45, 2.75) is 51.0 Å². The van der Waals surface area contributed by atoms with E-state index in [-0.39, 0.29) is 41.5 Å². The third kappa shape index (κ3) is 2.78. The van der Waals surface area contributed by atoms with Gasteiger partial charge in [-0.3, -0.25) is 19.3 Å². The molecule has 5 rings (SSSR count). The van der Waals surface area contributed by atoms with Crippen LogP contribution in [0, 0.1) is 29.6 Å². The number of carbonyl (C=O) groups is 3. The molecule has 0 unspecified atom stereocenters. The monoisotopic (exact) mass is 400 g/mol. The minimum absolute atomic E-state index is 0.0273. The van der Waals surface area contributed by atoms with E-state index in [1.807, 2.05) is 12.1 Å². The molecule has 148 valence electrons. The molecule has 1 heterocycles. The van der Waals surface area contributed by atoms with Gasteiger partial charge in [0, 0.05) is 12.0 Å². The lowest BCUT2D eigenvalue weighted by molar-refractivity contribution is -0.144. The van der Waals surface area contributed by atoms with Gasteiger partial charge in [0.1, 0.15) is 0 Å². The Morgan fingerprint density at radius 1 is 0.929 bits per heavy atom. The number of amides is 3. The summed E-state index contributed by atoms with van der Waals surface area (Å²) >= 11 is 6.13. The Hall–Kier alpha value is -1.88. The number of likely N-dealkylation sites (tertiary alicyclic amines) is 1. The zero-order valence-corrected chi connectivity index (χ0v) is 16.5. The SMILES string of the molecule is O=C(Nc1ccccc1Cl)C1CCC(N2C(=O)[C@@H]3[C@@H]4CC[C@@H](C4)[C@@H]3C2=O)CC1. The van der Waals surface area contributed by atoms with E-state index in [9.17, 15) is 14.4 Å². The Kier molecular flexibility index (Phi) is 4.46. The van der Waals surface area contributed by atoms with Crippen molar-refractivity contribution in [2.24, 2.45) is 29.6 Å². The number of carbonyl (C=O) groups excluding carboxylic acids is 3. The molecule has 0 spiro atoms. The van der Waals surface area contributed by atoms with Gasteiger partial charge in [-0.25, -0.2) is 0 Å². The summed E-state index contributed by atoms with van der Waals surface area (Å²) in [6, 6.07) is 7.18. The molecule has 1 aromatic carbocycles. The first-order chi connectivity index (χ1) is 13.5. The van der Waals surface area contributed by atoms with Crippen LogP contribution in [0.25, 0.3) is 0 Å². The van der Waals surface area contributed by atoms with E-state index in [1.54, 1.807) is 17.0 Å². The number of imide groups is 1. The number of anilines is 1. The summed E-state index contributed by atoms with van der Waals surface area (Å²) in [6.07, 6.45) is 6.09. The van der Waals surface area contributed by atoms with Crippen LogP contribution < -0.4 is 5.32 Å². The second-order valence-electron chi connectivity index (χ2n) is 8.91. The van der Waals surface area contributed by atoms with Crippen LogP contribution in [-0.2, 0) is 14.4 Å². The van der Waals surface area contributed by atoms with Gasteiger partial charge in [0.2, 0.25) is 17.7 Å². The summed E-state index contributed by atoms with van der Waals surface area (Å²) in [5, 5.41) is 3.44. The first kappa shape index (κ1) is 18.2. The van der Waals surface area contributed by atoms with Crippen molar-refractivity contribution in [3.05, 3.63) is 29.3 Å². The number of para-hydroxylation sites is 1. The van der Waals surface area contributed by atoms with Gasteiger partial charge in [-0.1, -0.05) is 23.7 Å². The molecule has 2 bridgehead atoms. The average molecular weight is 401 g/mol. The molecule has 1 aromatic rings. The Morgan fingerprint density at radius 2 is 1.54 bits per heavy atom. The van der Waals surface area contributed by atoms with Crippen molar-refractivity contribution in [2.75, 3.05) is 5.32 Å². The predicted molar refractivity (Wildman–Crippen MR) is 105 cm³/mol. The molecule has 0 aromatic heterocycles. The quantitative estimate of drug-likeness (QED) is 0.783. The van der Waals surface area contributed by atoms with Gasteiger partial charge >= 0.3 is 0 Å².